The lowest BCUT2D eigenvalue weighted by Gasteiger charge is -2.13. The van der Waals surface area contributed by atoms with Gasteiger partial charge < -0.3 is 5.32 Å². The summed E-state index contributed by atoms with van der Waals surface area (Å²) in [5.41, 5.74) is 0.940. The van der Waals surface area contributed by atoms with Gasteiger partial charge in [-0.05, 0) is 36.2 Å². The number of nitrogens with one attached hydrogen (secondary N) is 1. The maximum Gasteiger partial charge on any atom is 0.435 e. The van der Waals surface area contributed by atoms with Crippen LogP contribution < -0.4 is 5.32 Å². The normalized spacial score (nSPS) is 11.5. The first kappa shape index (κ1) is 19.0. The van der Waals surface area contributed by atoms with Gasteiger partial charge in [-0.25, -0.2) is 0 Å². The van der Waals surface area contributed by atoms with Crippen LogP contribution in [-0.2, 0) is 13.2 Å². The number of nitrogens with zero attached hydrogens (tertiary/aromatic N) is 2. The number of halogens is 4. The minimum atomic E-state index is -4.72. The van der Waals surface area contributed by atoms with Gasteiger partial charge in [0.25, 0.3) is 5.91 Å². The second kappa shape index (κ2) is 7.08. The molecular weight excluding hydrogens is 379 g/mol. The smallest absolute Gasteiger partial charge is 0.321 e. The fourth-order valence-corrected chi connectivity index (χ4v) is 2.83. The Bertz CT molecular complexity index is 1010. The van der Waals surface area contributed by atoms with Crippen LogP contribution >= 0.6 is 11.6 Å². The highest BCUT2D eigenvalue weighted by molar-refractivity contribution is 6.31. The third-order valence-corrected chi connectivity index (χ3v) is 4.41. The van der Waals surface area contributed by atoms with Crippen molar-refractivity contribution in [2.45, 2.75) is 13.1 Å². The Morgan fingerprint density at radius 3 is 2.56 bits per heavy atom. The number of aryl methyl sites for hydroxylation is 2. The molecule has 0 spiro atoms. The molecule has 0 aliphatic rings. The van der Waals surface area contributed by atoms with E-state index >= 15 is 0 Å². The van der Waals surface area contributed by atoms with Gasteiger partial charge in [0.15, 0.2) is 5.69 Å². The molecule has 27 heavy (non-hydrogen) atoms. The van der Waals surface area contributed by atoms with Crippen molar-refractivity contribution >= 4 is 23.2 Å². The summed E-state index contributed by atoms with van der Waals surface area (Å²) in [5.74, 6) is -0.881. The maximum atomic E-state index is 13.1. The van der Waals surface area contributed by atoms with Gasteiger partial charge in [0.05, 0.1) is 5.56 Å². The molecular formula is C19H15ClF3N3O. The van der Waals surface area contributed by atoms with E-state index in [-0.39, 0.29) is 0 Å². The summed E-state index contributed by atoms with van der Waals surface area (Å²) in [6, 6.07) is 12.2. The SMILES string of the molecule is Cc1cc(-c2ccccc2NC(=O)c2cn(C)nc2C(F)(F)F)ccc1Cl. The number of amides is 1. The van der Waals surface area contributed by atoms with Crippen molar-refractivity contribution in [2.24, 2.45) is 7.05 Å². The molecule has 3 aromatic rings. The monoisotopic (exact) mass is 393 g/mol. The first-order valence-electron chi connectivity index (χ1n) is 7.94. The average Bonchev–Trinajstić information content (AvgIpc) is 3.00. The van der Waals surface area contributed by atoms with E-state index in [9.17, 15) is 18.0 Å². The standard InChI is InChI=1S/C19H15ClF3N3O/c1-11-9-12(7-8-15(11)20)13-5-3-4-6-16(13)24-18(27)14-10-26(2)25-17(14)19(21,22)23/h3-10H,1-2H3,(H,24,27). The van der Waals surface area contributed by atoms with Gasteiger partial charge in [0, 0.05) is 29.5 Å². The van der Waals surface area contributed by atoms with Crippen LogP contribution in [0.4, 0.5) is 18.9 Å². The molecule has 3 rings (SSSR count). The third-order valence-electron chi connectivity index (χ3n) is 3.99. The van der Waals surface area contributed by atoms with Crippen LogP contribution in [0, 0.1) is 6.92 Å². The molecule has 0 radical (unpaired) electrons. The van der Waals surface area contributed by atoms with E-state index in [0.29, 0.717) is 16.3 Å². The molecule has 0 atom stereocenters. The quantitative estimate of drug-likeness (QED) is 0.654. The molecule has 1 N–H and O–H groups in total. The predicted octanol–water partition coefficient (Wildman–Crippen LogP) is 5.32. The summed E-state index contributed by atoms with van der Waals surface area (Å²) in [5, 5.41) is 6.52. The van der Waals surface area contributed by atoms with E-state index < -0.39 is 23.3 Å². The molecule has 1 aromatic heterocycles. The van der Waals surface area contributed by atoms with Crippen LogP contribution in [0.1, 0.15) is 21.6 Å². The molecule has 8 heteroatoms. The molecule has 1 heterocycles. The summed E-state index contributed by atoms with van der Waals surface area (Å²) in [7, 11) is 1.33. The van der Waals surface area contributed by atoms with Gasteiger partial charge in [-0.15, -0.1) is 0 Å². The summed E-state index contributed by atoms with van der Waals surface area (Å²) in [6.45, 7) is 1.85. The summed E-state index contributed by atoms with van der Waals surface area (Å²) >= 11 is 6.05. The van der Waals surface area contributed by atoms with Crippen molar-refractivity contribution < 1.29 is 18.0 Å². The summed E-state index contributed by atoms with van der Waals surface area (Å²) in [4.78, 5) is 12.5. The van der Waals surface area contributed by atoms with E-state index in [2.05, 4.69) is 10.4 Å². The highest BCUT2D eigenvalue weighted by Crippen LogP contribution is 2.33. The van der Waals surface area contributed by atoms with Gasteiger partial charge in [-0.3, -0.25) is 9.48 Å². The number of benzene rings is 2. The second-order valence-corrected chi connectivity index (χ2v) is 6.43. The number of carbonyl (C=O) groups excluding carboxylic acids is 1. The Kier molecular flexibility index (Phi) is 4.97. The molecule has 0 fully saturated rings. The van der Waals surface area contributed by atoms with Crippen LogP contribution in [0.25, 0.3) is 11.1 Å². The third kappa shape index (κ3) is 3.98. The van der Waals surface area contributed by atoms with Gasteiger partial charge in [0.1, 0.15) is 0 Å². The molecule has 2 aromatic carbocycles. The zero-order valence-corrected chi connectivity index (χ0v) is 15.2. The topological polar surface area (TPSA) is 46.9 Å². The average molecular weight is 394 g/mol. The van der Waals surface area contributed by atoms with E-state index in [1.165, 1.54) is 7.05 Å². The molecule has 140 valence electrons. The lowest BCUT2D eigenvalue weighted by molar-refractivity contribution is -0.141. The zero-order valence-electron chi connectivity index (χ0n) is 14.4. The molecule has 0 unspecified atom stereocenters. The number of rotatable bonds is 3. The minimum Gasteiger partial charge on any atom is -0.321 e. The maximum absolute atomic E-state index is 13.1. The zero-order chi connectivity index (χ0) is 19.8. The van der Waals surface area contributed by atoms with Crippen LogP contribution in [0.3, 0.4) is 0 Å². The van der Waals surface area contributed by atoms with Crippen molar-refractivity contribution in [2.75, 3.05) is 5.32 Å². The van der Waals surface area contributed by atoms with Crippen molar-refractivity contribution in [3.8, 4) is 11.1 Å². The van der Waals surface area contributed by atoms with E-state index in [1.54, 1.807) is 36.4 Å². The van der Waals surface area contributed by atoms with E-state index in [0.717, 1.165) is 22.0 Å². The fourth-order valence-electron chi connectivity index (χ4n) is 2.71. The number of anilines is 1. The van der Waals surface area contributed by atoms with Crippen molar-refractivity contribution in [3.63, 3.8) is 0 Å². The molecule has 0 saturated heterocycles. The number of alkyl halides is 3. The Morgan fingerprint density at radius 2 is 1.89 bits per heavy atom. The van der Waals surface area contributed by atoms with Crippen LogP contribution in [-0.4, -0.2) is 15.7 Å². The van der Waals surface area contributed by atoms with Gasteiger partial charge in [0.2, 0.25) is 0 Å². The second-order valence-electron chi connectivity index (χ2n) is 6.03. The van der Waals surface area contributed by atoms with Gasteiger partial charge >= 0.3 is 6.18 Å². The van der Waals surface area contributed by atoms with E-state index in [1.807, 2.05) is 13.0 Å². The Hall–Kier alpha value is -2.80. The summed E-state index contributed by atoms with van der Waals surface area (Å²) in [6.07, 6.45) is -3.67. The highest BCUT2D eigenvalue weighted by atomic mass is 35.5. The number of hydrogen-bond donors (Lipinski definition) is 1. The molecule has 0 aliphatic carbocycles. The number of hydrogen-bond acceptors (Lipinski definition) is 2. The largest absolute Gasteiger partial charge is 0.435 e. The van der Waals surface area contributed by atoms with Gasteiger partial charge in [-0.2, -0.15) is 18.3 Å². The van der Waals surface area contributed by atoms with E-state index in [4.69, 9.17) is 11.6 Å². The fraction of sp³-hybridized carbons (Fsp3) is 0.158. The number of aromatic nitrogens is 2. The van der Waals surface area contributed by atoms with Crippen LogP contribution in [0.2, 0.25) is 5.02 Å². The van der Waals surface area contributed by atoms with Crippen molar-refractivity contribution in [3.05, 3.63) is 70.5 Å². The molecule has 0 saturated carbocycles. The summed E-state index contributed by atoms with van der Waals surface area (Å²) < 4.78 is 40.3. The van der Waals surface area contributed by atoms with Crippen molar-refractivity contribution in [1.82, 2.24) is 9.78 Å². The first-order valence-corrected chi connectivity index (χ1v) is 8.32. The number of carbonyl (C=O) groups is 1. The van der Waals surface area contributed by atoms with Gasteiger partial charge in [-0.1, -0.05) is 35.9 Å². The number of para-hydroxylation sites is 1. The molecule has 0 aliphatic heterocycles. The van der Waals surface area contributed by atoms with Crippen LogP contribution in [0.5, 0.6) is 0 Å². The Balaban J connectivity index is 1.98. The molecule has 1 amide bonds. The predicted molar refractivity (Wildman–Crippen MR) is 97.8 cm³/mol. The molecule has 4 nitrogen and oxygen atoms in total. The first-order chi connectivity index (χ1) is 12.7. The van der Waals surface area contributed by atoms with Crippen LogP contribution in [0.15, 0.2) is 48.7 Å². The lowest BCUT2D eigenvalue weighted by Crippen LogP contribution is -2.18. The Morgan fingerprint density at radius 1 is 1.19 bits per heavy atom. The minimum absolute atomic E-state index is 0.390. The van der Waals surface area contributed by atoms with Crippen molar-refractivity contribution in [1.29, 1.82) is 0 Å². The molecule has 0 bridgehead atoms. The Labute approximate surface area is 158 Å². The lowest BCUT2D eigenvalue weighted by atomic mass is 10.0. The highest BCUT2D eigenvalue weighted by Gasteiger charge is 2.39.